The first kappa shape index (κ1) is 12.3. The fourth-order valence-electron chi connectivity index (χ4n) is 2.51. The molecule has 1 atom stereocenters. The third kappa shape index (κ3) is 2.26. The Morgan fingerprint density at radius 1 is 1.42 bits per heavy atom. The van der Waals surface area contributed by atoms with Crippen molar-refractivity contribution in [3.05, 3.63) is 29.9 Å². The predicted molar refractivity (Wildman–Crippen MR) is 71.7 cm³/mol. The lowest BCUT2D eigenvalue weighted by Crippen LogP contribution is -2.41. The summed E-state index contributed by atoms with van der Waals surface area (Å²) in [6.07, 6.45) is 5.77. The molecule has 1 fully saturated rings. The SMILES string of the molecule is Cc1ccncc1-c1noc(C2(C)CCCNC2)n1. The van der Waals surface area contributed by atoms with E-state index in [0.29, 0.717) is 5.82 Å². The number of aryl methyl sites for hydroxylation is 1. The van der Waals surface area contributed by atoms with Crippen LogP contribution in [0.3, 0.4) is 0 Å². The van der Waals surface area contributed by atoms with Crippen LogP contribution in [0.5, 0.6) is 0 Å². The Morgan fingerprint density at radius 2 is 2.32 bits per heavy atom. The summed E-state index contributed by atoms with van der Waals surface area (Å²) in [6, 6.07) is 1.95. The second-order valence-electron chi connectivity index (χ2n) is 5.45. The number of nitrogens with zero attached hydrogens (tertiary/aromatic N) is 3. The molecule has 0 aliphatic carbocycles. The van der Waals surface area contributed by atoms with Crippen LogP contribution in [0.2, 0.25) is 0 Å². The molecule has 1 unspecified atom stereocenters. The highest BCUT2D eigenvalue weighted by molar-refractivity contribution is 5.57. The molecular formula is C14H18N4O. The Balaban J connectivity index is 1.93. The molecule has 0 bridgehead atoms. The molecule has 0 radical (unpaired) electrons. The summed E-state index contributed by atoms with van der Waals surface area (Å²) in [4.78, 5) is 8.71. The van der Waals surface area contributed by atoms with Gasteiger partial charge in [-0.25, -0.2) is 0 Å². The van der Waals surface area contributed by atoms with Gasteiger partial charge in [0, 0.05) is 24.5 Å². The van der Waals surface area contributed by atoms with Crippen molar-refractivity contribution < 1.29 is 4.52 Å². The van der Waals surface area contributed by atoms with Gasteiger partial charge in [-0.1, -0.05) is 5.16 Å². The van der Waals surface area contributed by atoms with Gasteiger partial charge >= 0.3 is 0 Å². The number of pyridine rings is 1. The van der Waals surface area contributed by atoms with Crippen LogP contribution in [0, 0.1) is 6.92 Å². The molecule has 0 amide bonds. The van der Waals surface area contributed by atoms with Crippen LogP contribution < -0.4 is 5.32 Å². The monoisotopic (exact) mass is 258 g/mol. The lowest BCUT2D eigenvalue weighted by Gasteiger charge is -2.30. The van der Waals surface area contributed by atoms with E-state index in [1.165, 1.54) is 0 Å². The minimum Gasteiger partial charge on any atom is -0.338 e. The zero-order valence-electron chi connectivity index (χ0n) is 11.3. The summed E-state index contributed by atoms with van der Waals surface area (Å²) in [7, 11) is 0. The molecular weight excluding hydrogens is 240 g/mol. The molecule has 3 heterocycles. The Kier molecular flexibility index (Phi) is 3.06. The number of rotatable bonds is 2. The standard InChI is InChI=1S/C14H18N4O/c1-10-4-7-15-8-11(10)12-17-13(19-18-12)14(2)5-3-6-16-9-14/h4,7-8,16H,3,5-6,9H2,1-2H3. The van der Waals surface area contributed by atoms with Gasteiger partial charge in [-0.2, -0.15) is 4.98 Å². The summed E-state index contributed by atoms with van der Waals surface area (Å²) in [5.41, 5.74) is 1.98. The van der Waals surface area contributed by atoms with Gasteiger partial charge in [0.15, 0.2) is 0 Å². The van der Waals surface area contributed by atoms with Crippen molar-refractivity contribution in [2.24, 2.45) is 0 Å². The lowest BCUT2D eigenvalue weighted by molar-refractivity contribution is 0.245. The van der Waals surface area contributed by atoms with Crippen LogP contribution >= 0.6 is 0 Å². The highest BCUT2D eigenvalue weighted by Gasteiger charge is 2.34. The molecule has 1 aliphatic heterocycles. The fraction of sp³-hybridized carbons (Fsp3) is 0.500. The molecule has 5 heteroatoms. The molecule has 1 aliphatic rings. The van der Waals surface area contributed by atoms with E-state index in [4.69, 9.17) is 4.52 Å². The maximum atomic E-state index is 5.49. The van der Waals surface area contributed by atoms with Gasteiger partial charge in [0.2, 0.25) is 11.7 Å². The van der Waals surface area contributed by atoms with Gasteiger partial charge in [-0.05, 0) is 44.9 Å². The van der Waals surface area contributed by atoms with Gasteiger partial charge in [0.05, 0.1) is 5.41 Å². The van der Waals surface area contributed by atoms with Crippen LogP contribution in [0.4, 0.5) is 0 Å². The van der Waals surface area contributed by atoms with Gasteiger partial charge in [0.25, 0.3) is 0 Å². The third-order valence-electron chi connectivity index (χ3n) is 3.82. The van der Waals surface area contributed by atoms with Crippen molar-refractivity contribution >= 4 is 0 Å². The van der Waals surface area contributed by atoms with Crippen molar-refractivity contribution in [1.82, 2.24) is 20.4 Å². The maximum absolute atomic E-state index is 5.49. The topological polar surface area (TPSA) is 63.8 Å². The summed E-state index contributed by atoms with van der Waals surface area (Å²) in [5, 5.41) is 7.51. The molecule has 5 nitrogen and oxygen atoms in total. The molecule has 100 valence electrons. The van der Waals surface area contributed by atoms with Crippen molar-refractivity contribution in [3.63, 3.8) is 0 Å². The van der Waals surface area contributed by atoms with E-state index in [2.05, 4.69) is 27.4 Å². The molecule has 1 saturated heterocycles. The largest absolute Gasteiger partial charge is 0.338 e. The number of aromatic nitrogens is 3. The Hall–Kier alpha value is -1.75. The molecule has 0 spiro atoms. The highest BCUT2D eigenvalue weighted by atomic mass is 16.5. The quantitative estimate of drug-likeness (QED) is 0.893. The van der Waals surface area contributed by atoms with E-state index in [-0.39, 0.29) is 5.41 Å². The third-order valence-corrected chi connectivity index (χ3v) is 3.82. The van der Waals surface area contributed by atoms with E-state index in [1.807, 2.05) is 13.0 Å². The van der Waals surface area contributed by atoms with E-state index < -0.39 is 0 Å². The Labute approximate surface area is 112 Å². The second kappa shape index (κ2) is 4.74. The molecule has 1 N–H and O–H groups in total. The number of hydrogen-bond acceptors (Lipinski definition) is 5. The minimum absolute atomic E-state index is 0.0559. The smallest absolute Gasteiger partial charge is 0.234 e. The normalized spacial score (nSPS) is 23.5. The first-order valence-corrected chi connectivity index (χ1v) is 6.65. The summed E-state index contributed by atoms with van der Waals surface area (Å²) in [5.74, 6) is 1.35. The summed E-state index contributed by atoms with van der Waals surface area (Å²) in [6.45, 7) is 6.16. The van der Waals surface area contributed by atoms with E-state index >= 15 is 0 Å². The highest BCUT2D eigenvalue weighted by Crippen LogP contribution is 2.31. The van der Waals surface area contributed by atoms with Crippen molar-refractivity contribution in [2.45, 2.75) is 32.1 Å². The molecule has 19 heavy (non-hydrogen) atoms. The first-order valence-electron chi connectivity index (χ1n) is 6.65. The van der Waals surface area contributed by atoms with Crippen molar-refractivity contribution in [3.8, 4) is 11.4 Å². The molecule has 2 aromatic rings. The summed E-state index contributed by atoms with van der Waals surface area (Å²) < 4.78 is 5.49. The van der Waals surface area contributed by atoms with Crippen molar-refractivity contribution in [2.75, 3.05) is 13.1 Å². The van der Waals surface area contributed by atoms with E-state index in [1.54, 1.807) is 12.4 Å². The number of hydrogen-bond donors (Lipinski definition) is 1. The zero-order chi connectivity index (χ0) is 13.3. The number of nitrogens with one attached hydrogen (secondary N) is 1. The van der Waals surface area contributed by atoms with Crippen LogP contribution in [-0.4, -0.2) is 28.2 Å². The average molecular weight is 258 g/mol. The number of piperidine rings is 1. The Bertz CT molecular complexity index is 572. The van der Waals surface area contributed by atoms with Gasteiger partial charge in [-0.15, -0.1) is 0 Å². The van der Waals surface area contributed by atoms with Crippen LogP contribution in [0.25, 0.3) is 11.4 Å². The first-order chi connectivity index (χ1) is 9.19. The molecule has 3 rings (SSSR count). The minimum atomic E-state index is -0.0559. The van der Waals surface area contributed by atoms with Crippen LogP contribution in [0.15, 0.2) is 23.0 Å². The van der Waals surface area contributed by atoms with E-state index in [9.17, 15) is 0 Å². The van der Waals surface area contributed by atoms with Gasteiger partial charge in [0.1, 0.15) is 0 Å². The lowest BCUT2D eigenvalue weighted by atomic mass is 9.83. The van der Waals surface area contributed by atoms with Crippen molar-refractivity contribution in [1.29, 1.82) is 0 Å². The second-order valence-corrected chi connectivity index (χ2v) is 5.45. The summed E-state index contributed by atoms with van der Waals surface area (Å²) >= 11 is 0. The molecule has 2 aromatic heterocycles. The average Bonchev–Trinajstić information content (AvgIpc) is 2.90. The zero-order valence-corrected chi connectivity index (χ0v) is 11.3. The maximum Gasteiger partial charge on any atom is 0.234 e. The Morgan fingerprint density at radius 3 is 3.05 bits per heavy atom. The van der Waals surface area contributed by atoms with Crippen LogP contribution in [-0.2, 0) is 5.41 Å². The predicted octanol–water partition coefficient (Wildman–Crippen LogP) is 2.08. The van der Waals surface area contributed by atoms with E-state index in [0.717, 1.165) is 42.9 Å². The molecule has 0 aromatic carbocycles. The van der Waals surface area contributed by atoms with Gasteiger partial charge < -0.3 is 9.84 Å². The molecule has 0 saturated carbocycles. The van der Waals surface area contributed by atoms with Crippen LogP contribution in [0.1, 0.15) is 31.2 Å². The fourth-order valence-corrected chi connectivity index (χ4v) is 2.51. The van der Waals surface area contributed by atoms with Gasteiger partial charge in [-0.3, -0.25) is 4.98 Å².